The first-order chi connectivity index (χ1) is 46.9. The number of likely N-dealkylation sites (N-methyl/N-ethyl adjacent to an activating group) is 8. The lowest BCUT2D eigenvalue weighted by atomic mass is 9.91. The number of rotatable bonds is 27. The van der Waals surface area contributed by atoms with Gasteiger partial charge in [0.15, 0.2) is 5.78 Å². The van der Waals surface area contributed by atoms with E-state index in [-0.39, 0.29) is 55.6 Å². The smallest absolute Gasteiger partial charge is 0.246 e. The van der Waals surface area contributed by atoms with E-state index in [1.807, 2.05) is 47.6 Å². The third kappa shape index (κ3) is 29.4. The van der Waals surface area contributed by atoms with Crippen molar-refractivity contribution in [3.63, 3.8) is 0 Å². The average Bonchev–Trinajstić information content (AvgIpc) is 0.798. The van der Waals surface area contributed by atoms with Crippen molar-refractivity contribution in [2.45, 2.75) is 261 Å². The molecule has 0 radical (unpaired) electrons. The Morgan fingerprint density at radius 1 is 0.554 bits per heavy atom. The Bertz CT molecular complexity index is 2690. The molecule has 0 saturated carbocycles. The van der Waals surface area contributed by atoms with E-state index in [9.17, 15) is 34.2 Å². The van der Waals surface area contributed by atoms with Gasteiger partial charge in [-0.05, 0) is 141 Å². The maximum absolute atomic E-state index is 15.4. The fourth-order valence-corrected chi connectivity index (χ4v) is 13.8. The second kappa shape index (κ2) is 44.8. The summed E-state index contributed by atoms with van der Waals surface area (Å²) in [6.45, 7) is 36.7. The quantitative estimate of drug-likeness (QED) is 0.0481. The minimum absolute atomic E-state index is 0.000583. The molecule has 26 nitrogen and oxygen atoms in total. The van der Waals surface area contributed by atoms with Crippen LogP contribution in [0, 0.1) is 35.5 Å². The first-order valence-corrected chi connectivity index (χ1v) is 38.0. The van der Waals surface area contributed by atoms with E-state index in [0.29, 0.717) is 25.4 Å². The zero-order valence-corrected chi connectivity index (χ0v) is 67.5. The SMILES string of the molecule is C/C=C/C[C@@H](C)[C@@H](O)[C@H]1C(=O)N[C@@H](CC)C(=O)N(C)[C@H](CSCCCCOCCN(CC)CC)C(=O)CN(C)[C@@H](CC(C)(C)O)C(=O)N[C@@H](C(C)C)C(=O)N(C)[C@@H](CC(C)C)C(=O)N[C@@H](C)C(=O)N[C@H](C)C(=O)N(C)[C@@H](CC(C)C)C(=O)N(C)[C@@H](CC(C)C)C(=O)N(C)[C@@H](C(C)C)C(=O)N1C. The highest BCUT2D eigenvalue weighted by Crippen LogP contribution is 2.27. The summed E-state index contributed by atoms with van der Waals surface area (Å²) in [4.78, 5) is 175. The highest BCUT2D eigenvalue weighted by atomic mass is 32.2. The van der Waals surface area contributed by atoms with E-state index in [4.69, 9.17) is 4.74 Å². The molecule has 1 saturated heterocycles. The monoisotopic (exact) mass is 1450 g/mol. The number of ether oxygens (including phenoxy) is 1. The van der Waals surface area contributed by atoms with Crippen molar-refractivity contribution < 1.29 is 67.7 Å². The van der Waals surface area contributed by atoms with Crippen molar-refractivity contribution in [2.24, 2.45) is 35.5 Å². The Balaban J connectivity index is 4.47. The van der Waals surface area contributed by atoms with E-state index < -0.39 is 167 Å². The summed E-state index contributed by atoms with van der Waals surface area (Å²) < 4.78 is 5.93. The van der Waals surface area contributed by atoms with Gasteiger partial charge in [0, 0.05) is 67.6 Å². The number of aliphatic hydroxyl groups excluding tert-OH is 1. The zero-order chi connectivity index (χ0) is 77.8. The number of thioether (sulfide) groups is 1. The zero-order valence-electron chi connectivity index (χ0n) is 66.6. The maximum atomic E-state index is 15.4. The van der Waals surface area contributed by atoms with Crippen LogP contribution in [0.5, 0.6) is 0 Å². The summed E-state index contributed by atoms with van der Waals surface area (Å²) in [5.41, 5.74) is -1.50. The van der Waals surface area contributed by atoms with Gasteiger partial charge in [-0.15, -0.1) is 0 Å². The summed E-state index contributed by atoms with van der Waals surface area (Å²) in [6.07, 6.45) is 4.00. The Morgan fingerprint density at radius 2 is 1.04 bits per heavy atom. The fraction of sp³-hybridized carbons (Fsp3) is 0.824. The van der Waals surface area contributed by atoms with Crippen molar-refractivity contribution in [3.8, 4) is 0 Å². The van der Waals surface area contributed by atoms with Gasteiger partial charge in [0.05, 0.1) is 30.9 Å². The molecule has 6 N–H and O–H groups in total. The van der Waals surface area contributed by atoms with E-state index in [1.165, 1.54) is 118 Å². The van der Waals surface area contributed by atoms with Crippen LogP contribution in [0.1, 0.15) is 183 Å². The lowest BCUT2D eigenvalue weighted by Gasteiger charge is -2.41. The van der Waals surface area contributed by atoms with Crippen LogP contribution < -0.4 is 21.3 Å². The molecule has 27 heteroatoms. The average molecular weight is 1450 g/mol. The van der Waals surface area contributed by atoms with E-state index >= 15 is 28.8 Å². The van der Waals surface area contributed by atoms with Crippen molar-refractivity contribution in [1.29, 1.82) is 0 Å². The molecule has 13 atom stereocenters. The molecular weight excluding hydrogens is 1310 g/mol. The summed E-state index contributed by atoms with van der Waals surface area (Å²) in [5.74, 6) is -9.09. The van der Waals surface area contributed by atoms with Crippen LogP contribution in [0.2, 0.25) is 0 Å². The molecule has 1 aliphatic rings. The van der Waals surface area contributed by atoms with Crippen LogP contribution in [0.3, 0.4) is 0 Å². The van der Waals surface area contributed by atoms with Crippen molar-refractivity contribution in [1.82, 2.24) is 60.5 Å². The summed E-state index contributed by atoms with van der Waals surface area (Å²) in [7, 11) is 10.1. The predicted molar refractivity (Wildman–Crippen MR) is 399 cm³/mol. The number of nitrogens with one attached hydrogen (secondary N) is 4. The second-order valence-corrected chi connectivity index (χ2v) is 31.7. The fourth-order valence-electron chi connectivity index (χ4n) is 12.6. The minimum Gasteiger partial charge on any atom is -0.390 e. The molecule has 1 aliphatic heterocycles. The molecule has 582 valence electrons. The lowest BCUT2D eigenvalue weighted by molar-refractivity contribution is -0.157. The highest BCUT2D eigenvalue weighted by Gasteiger charge is 2.46. The normalized spacial score (nSPS) is 25.8. The van der Waals surface area contributed by atoms with Crippen LogP contribution in [-0.2, 0) is 57.5 Å². The molecule has 0 aromatic carbocycles. The Kier molecular flexibility index (Phi) is 41.4. The van der Waals surface area contributed by atoms with Crippen LogP contribution in [0.25, 0.3) is 0 Å². The first-order valence-electron chi connectivity index (χ1n) is 36.8. The molecule has 0 unspecified atom stereocenters. The number of ketones is 1. The predicted octanol–water partition coefficient (Wildman–Crippen LogP) is 4.67. The third-order valence-electron chi connectivity index (χ3n) is 19.1. The van der Waals surface area contributed by atoms with Crippen molar-refractivity contribution in [2.75, 3.05) is 100 Å². The molecule has 1 fully saturated rings. The minimum atomic E-state index is -1.65. The van der Waals surface area contributed by atoms with Gasteiger partial charge in [-0.2, -0.15) is 11.8 Å². The van der Waals surface area contributed by atoms with Crippen LogP contribution in [-0.4, -0.2) is 293 Å². The summed E-state index contributed by atoms with van der Waals surface area (Å²) >= 11 is 1.44. The highest BCUT2D eigenvalue weighted by molar-refractivity contribution is 7.99. The van der Waals surface area contributed by atoms with Gasteiger partial charge >= 0.3 is 0 Å². The molecule has 0 aliphatic carbocycles. The second-order valence-electron chi connectivity index (χ2n) is 30.5. The Labute approximate surface area is 611 Å². The van der Waals surface area contributed by atoms with Gasteiger partial charge in [0.25, 0.3) is 0 Å². The molecule has 0 aromatic rings. The molecular formula is C74H136N12O14S. The molecule has 101 heavy (non-hydrogen) atoms. The van der Waals surface area contributed by atoms with Crippen LogP contribution >= 0.6 is 11.8 Å². The molecule has 0 aromatic heterocycles. The largest absolute Gasteiger partial charge is 0.390 e. The lowest BCUT2D eigenvalue weighted by Crippen LogP contribution is -2.64. The van der Waals surface area contributed by atoms with E-state index in [0.717, 1.165) is 37.4 Å². The number of Topliss-reactive ketones (excluding diaryl/α,β-unsaturated/α-hetero) is 1. The molecule has 0 bridgehead atoms. The standard InChI is InChI=1S/C74H136N12O14S/c1-27-31-34-50(15)63(88)62-67(92)77-53(28-2)69(94)83(24)58(44-101-38-33-32-36-100-37-35-86(29-3)30-4)59(87)43-79(20)57(42-74(18,19)99)66(91)78-60(48(11)12)72(97)80(21)54(39-45(5)6)65(90)75-51(16)64(89)76-52(17)68(93)81(22)55(40-46(7)8)70(95)82(23)56(41-47(9)10)71(96)84(25)61(49(13)14)73(98)85(62)26/h27,31,45-58,60-63,88,99H,28-30,32-44H2,1-26H3,(H,75,90)(H,76,89)(H,77,92)(H,78,91)/b31-27+/t50-,51+,52-,53+,54+,55+,56+,57+,58-,60+,61+,62+,63-/m1/s1. The number of unbranched alkanes of at least 4 members (excludes halogenated alkanes) is 1. The van der Waals surface area contributed by atoms with Gasteiger partial charge in [-0.25, -0.2) is 0 Å². The molecule has 1 heterocycles. The van der Waals surface area contributed by atoms with Gasteiger partial charge in [-0.3, -0.25) is 57.6 Å². The molecule has 1 rings (SSSR count). The summed E-state index contributed by atoms with van der Waals surface area (Å²) in [6, 6.07) is -13.9. The Hall–Kier alpha value is -5.74. The first kappa shape index (κ1) is 93.3. The van der Waals surface area contributed by atoms with Gasteiger partial charge in [-0.1, -0.05) is 109 Å². The van der Waals surface area contributed by atoms with Gasteiger partial charge in [0.2, 0.25) is 59.1 Å². The maximum Gasteiger partial charge on any atom is 0.246 e. The van der Waals surface area contributed by atoms with Gasteiger partial charge < -0.3 is 70.5 Å². The summed E-state index contributed by atoms with van der Waals surface area (Å²) in [5, 5.41) is 34.9. The number of aliphatic hydroxyl groups is 2. The topological polar surface area (TPSA) is 312 Å². The van der Waals surface area contributed by atoms with Crippen LogP contribution in [0.4, 0.5) is 0 Å². The van der Waals surface area contributed by atoms with E-state index in [1.54, 1.807) is 54.5 Å². The number of hydrogen-bond donors (Lipinski definition) is 6. The number of allylic oxidation sites excluding steroid dienone is 2. The number of carbonyl (C=O) groups is 11. The Morgan fingerprint density at radius 3 is 1.53 bits per heavy atom. The van der Waals surface area contributed by atoms with Crippen LogP contribution in [0.15, 0.2) is 12.2 Å². The number of amides is 10. The third-order valence-corrected chi connectivity index (χ3v) is 20.3. The van der Waals surface area contributed by atoms with E-state index in [2.05, 4.69) is 40.0 Å². The molecule has 0 spiro atoms. The van der Waals surface area contributed by atoms with Crippen molar-refractivity contribution >= 4 is 76.6 Å². The number of hydrogen-bond acceptors (Lipinski definition) is 17. The number of nitrogens with zero attached hydrogens (tertiary/aromatic N) is 8. The number of carbonyl (C=O) groups excluding carboxylic acids is 11. The molecule has 10 amide bonds. The van der Waals surface area contributed by atoms with Gasteiger partial charge in [0.1, 0.15) is 60.4 Å². The van der Waals surface area contributed by atoms with Crippen molar-refractivity contribution in [3.05, 3.63) is 12.2 Å².